The van der Waals surface area contributed by atoms with Crippen LogP contribution in [-0.4, -0.2) is 33.4 Å². The summed E-state index contributed by atoms with van der Waals surface area (Å²) < 4.78 is 6.49. The number of hydrogen-bond acceptors (Lipinski definition) is 5. The quantitative estimate of drug-likeness (QED) is 0.566. The number of nitrogens with zero attached hydrogens (tertiary/aromatic N) is 3. The lowest BCUT2D eigenvalue weighted by Crippen LogP contribution is -2.36. The van der Waals surface area contributed by atoms with Crippen LogP contribution in [0.1, 0.15) is 32.6 Å². The molecule has 8 nitrogen and oxygen atoms in total. The molecule has 1 aliphatic carbocycles. The molecule has 1 atom stereocenters. The number of hydrogen-bond donors (Lipinski definition) is 0. The van der Waals surface area contributed by atoms with Gasteiger partial charge in [-0.15, -0.1) is 0 Å². The Hall–Kier alpha value is -2.64. The first-order valence-electron chi connectivity index (χ1n) is 8.42. The Kier molecular flexibility index (Phi) is 4.61. The molecule has 1 amide bonds. The molecule has 0 spiro atoms. The predicted octanol–water partition coefficient (Wildman–Crippen LogP) is 2.54. The Morgan fingerprint density at radius 2 is 2.20 bits per heavy atom. The largest absolute Gasteiger partial charge is 0.419 e. The molecule has 8 heteroatoms. The van der Waals surface area contributed by atoms with Gasteiger partial charge < -0.3 is 9.32 Å². The predicted molar refractivity (Wildman–Crippen MR) is 91.3 cm³/mol. The highest BCUT2D eigenvalue weighted by Gasteiger charge is 2.32. The molecule has 25 heavy (non-hydrogen) atoms. The molecule has 0 radical (unpaired) electrons. The van der Waals surface area contributed by atoms with Crippen LogP contribution in [0.3, 0.4) is 0 Å². The minimum absolute atomic E-state index is 0.0656. The molecule has 1 heterocycles. The number of non-ortho nitro benzene ring substituents is 1. The highest BCUT2D eigenvalue weighted by atomic mass is 16.6. The van der Waals surface area contributed by atoms with E-state index in [4.69, 9.17) is 4.42 Å². The van der Waals surface area contributed by atoms with Crippen LogP contribution in [0.2, 0.25) is 0 Å². The molecule has 1 aromatic heterocycles. The van der Waals surface area contributed by atoms with Gasteiger partial charge in [0.2, 0.25) is 5.91 Å². The van der Waals surface area contributed by atoms with Gasteiger partial charge in [0, 0.05) is 32.1 Å². The number of amides is 1. The van der Waals surface area contributed by atoms with Crippen molar-refractivity contribution in [3.05, 3.63) is 38.9 Å². The summed E-state index contributed by atoms with van der Waals surface area (Å²) in [6.07, 6.45) is 3.22. The van der Waals surface area contributed by atoms with Gasteiger partial charge in [0.1, 0.15) is 0 Å². The van der Waals surface area contributed by atoms with E-state index >= 15 is 0 Å². The maximum Gasteiger partial charge on any atom is 0.419 e. The number of aryl methyl sites for hydroxylation is 1. The Morgan fingerprint density at radius 1 is 1.48 bits per heavy atom. The third-order valence-corrected chi connectivity index (χ3v) is 4.94. The zero-order chi connectivity index (χ0) is 18.1. The van der Waals surface area contributed by atoms with E-state index in [1.54, 1.807) is 4.90 Å². The van der Waals surface area contributed by atoms with Crippen molar-refractivity contribution in [2.45, 2.75) is 45.2 Å². The molecular formula is C17H21N3O5. The Labute approximate surface area is 144 Å². The number of nitro groups is 1. The first-order valence-corrected chi connectivity index (χ1v) is 8.42. The van der Waals surface area contributed by atoms with Gasteiger partial charge in [-0.3, -0.25) is 19.5 Å². The van der Waals surface area contributed by atoms with E-state index < -0.39 is 10.7 Å². The summed E-state index contributed by atoms with van der Waals surface area (Å²) in [5, 5.41) is 10.8. The number of carbonyl (C=O) groups excluding carboxylic acids is 1. The SMILES string of the molecule is CC(C1CC1)N(C)C(=O)CCCn1c(=O)oc2cc([N+](=O)[O-])ccc21. The van der Waals surface area contributed by atoms with Crippen LogP contribution in [0.4, 0.5) is 5.69 Å². The monoisotopic (exact) mass is 347 g/mol. The highest BCUT2D eigenvalue weighted by molar-refractivity contribution is 5.77. The van der Waals surface area contributed by atoms with E-state index in [1.807, 2.05) is 7.05 Å². The second kappa shape index (κ2) is 6.70. The van der Waals surface area contributed by atoms with E-state index in [9.17, 15) is 19.7 Å². The minimum atomic E-state index is -0.567. The molecule has 1 fully saturated rings. The zero-order valence-corrected chi connectivity index (χ0v) is 14.3. The summed E-state index contributed by atoms with van der Waals surface area (Å²) in [4.78, 5) is 36.3. The molecule has 0 saturated heterocycles. The summed E-state index contributed by atoms with van der Waals surface area (Å²) in [7, 11) is 1.82. The van der Waals surface area contributed by atoms with Gasteiger partial charge in [0.25, 0.3) is 5.69 Å². The molecule has 0 N–H and O–H groups in total. The summed E-state index contributed by atoms with van der Waals surface area (Å²) in [6, 6.07) is 4.33. The third-order valence-electron chi connectivity index (χ3n) is 4.94. The number of carbonyl (C=O) groups is 1. The molecule has 1 aliphatic rings. The third kappa shape index (κ3) is 3.57. The Morgan fingerprint density at radius 3 is 2.84 bits per heavy atom. The van der Waals surface area contributed by atoms with Crippen molar-refractivity contribution in [3.63, 3.8) is 0 Å². The first-order chi connectivity index (χ1) is 11.9. The Bertz CT molecular complexity index is 865. The van der Waals surface area contributed by atoms with Gasteiger partial charge in [-0.05, 0) is 38.2 Å². The number of benzene rings is 1. The average molecular weight is 347 g/mol. The van der Waals surface area contributed by atoms with Gasteiger partial charge >= 0.3 is 5.76 Å². The van der Waals surface area contributed by atoms with Crippen molar-refractivity contribution in [3.8, 4) is 0 Å². The fraction of sp³-hybridized carbons (Fsp3) is 0.529. The fourth-order valence-corrected chi connectivity index (χ4v) is 3.07. The van der Waals surface area contributed by atoms with E-state index in [0.717, 1.165) is 0 Å². The maximum atomic E-state index is 12.3. The van der Waals surface area contributed by atoms with Crippen LogP contribution in [0, 0.1) is 16.0 Å². The lowest BCUT2D eigenvalue weighted by Gasteiger charge is -2.24. The summed E-state index contributed by atoms with van der Waals surface area (Å²) in [6.45, 7) is 2.40. The lowest BCUT2D eigenvalue weighted by atomic mass is 10.1. The molecule has 1 saturated carbocycles. The van der Waals surface area contributed by atoms with Crippen molar-refractivity contribution >= 4 is 22.7 Å². The van der Waals surface area contributed by atoms with Crippen molar-refractivity contribution in [1.82, 2.24) is 9.47 Å². The maximum absolute atomic E-state index is 12.3. The molecule has 1 aromatic carbocycles. The summed E-state index contributed by atoms with van der Waals surface area (Å²) in [5.41, 5.74) is 0.562. The van der Waals surface area contributed by atoms with Crippen molar-refractivity contribution in [1.29, 1.82) is 0 Å². The van der Waals surface area contributed by atoms with Crippen LogP contribution < -0.4 is 5.76 Å². The minimum Gasteiger partial charge on any atom is -0.407 e. The molecule has 0 aliphatic heterocycles. The standard InChI is InChI=1S/C17H21N3O5/c1-11(12-5-6-12)18(2)16(21)4-3-9-19-14-8-7-13(20(23)24)10-15(14)25-17(19)22/h7-8,10-12H,3-6,9H2,1-2H3. The second-order valence-electron chi connectivity index (χ2n) is 6.61. The smallest absolute Gasteiger partial charge is 0.407 e. The summed E-state index contributed by atoms with van der Waals surface area (Å²) in [5.74, 6) is 0.115. The van der Waals surface area contributed by atoms with Gasteiger partial charge in [0.05, 0.1) is 16.5 Å². The van der Waals surface area contributed by atoms with E-state index in [2.05, 4.69) is 6.92 Å². The molecule has 0 bridgehead atoms. The topological polar surface area (TPSA) is 98.6 Å². The number of nitro benzene ring substituents is 1. The van der Waals surface area contributed by atoms with Crippen LogP contribution >= 0.6 is 0 Å². The first kappa shape index (κ1) is 17.2. The summed E-state index contributed by atoms with van der Waals surface area (Å²) >= 11 is 0. The normalized spacial score (nSPS) is 15.3. The van der Waals surface area contributed by atoms with E-state index in [1.165, 1.54) is 35.6 Å². The van der Waals surface area contributed by atoms with Crippen LogP contribution in [-0.2, 0) is 11.3 Å². The highest BCUT2D eigenvalue weighted by Crippen LogP contribution is 2.34. The van der Waals surface area contributed by atoms with Crippen LogP contribution in [0.25, 0.3) is 11.1 Å². The number of fused-ring (bicyclic) bond motifs is 1. The molecule has 1 unspecified atom stereocenters. The Balaban J connectivity index is 1.65. The van der Waals surface area contributed by atoms with Crippen molar-refractivity contribution in [2.75, 3.05) is 7.05 Å². The fourth-order valence-electron chi connectivity index (χ4n) is 3.07. The zero-order valence-electron chi connectivity index (χ0n) is 14.3. The molecule has 134 valence electrons. The molecule has 3 rings (SSSR count). The molecule has 2 aromatic rings. The van der Waals surface area contributed by atoms with Crippen molar-refractivity contribution < 1.29 is 14.1 Å². The second-order valence-corrected chi connectivity index (χ2v) is 6.61. The van der Waals surface area contributed by atoms with Gasteiger partial charge in [0.15, 0.2) is 5.58 Å². The number of oxazole rings is 1. The van der Waals surface area contributed by atoms with E-state index in [-0.39, 0.29) is 23.2 Å². The van der Waals surface area contributed by atoms with Gasteiger partial charge in [-0.1, -0.05) is 0 Å². The molecular weight excluding hydrogens is 326 g/mol. The van der Waals surface area contributed by atoms with Gasteiger partial charge in [-0.25, -0.2) is 4.79 Å². The number of rotatable bonds is 7. The van der Waals surface area contributed by atoms with E-state index in [0.29, 0.717) is 30.8 Å². The average Bonchev–Trinajstić information content (AvgIpc) is 3.38. The number of aromatic nitrogens is 1. The van der Waals surface area contributed by atoms with Gasteiger partial charge in [-0.2, -0.15) is 0 Å². The van der Waals surface area contributed by atoms with Crippen LogP contribution in [0.5, 0.6) is 0 Å². The van der Waals surface area contributed by atoms with Crippen molar-refractivity contribution in [2.24, 2.45) is 5.92 Å². The van der Waals surface area contributed by atoms with Crippen LogP contribution in [0.15, 0.2) is 27.4 Å². The lowest BCUT2D eigenvalue weighted by molar-refractivity contribution is -0.384.